The molecule has 3 atom stereocenters. The summed E-state index contributed by atoms with van der Waals surface area (Å²) in [6, 6.07) is 9.26. The highest BCUT2D eigenvalue weighted by Gasteiger charge is 2.33. The van der Waals surface area contributed by atoms with E-state index >= 15 is 0 Å². The first-order chi connectivity index (χ1) is 11.5. The monoisotopic (exact) mass is 332 g/mol. The van der Waals surface area contributed by atoms with Gasteiger partial charge in [0.05, 0.1) is 12.5 Å². The van der Waals surface area contributed by atoms with Crippen LogP contribution in [0.2, 0.25) is 0 Å². The van der Waals surface area contributed by atoms with Crippen molar-refractivity contribution in [2.75, 3.05) is 13.1 Å². The molecule has 24 heavy (non-hydrogen) atoms. The van der Waals surface area contributed by atoms with Crippen molar-refractivity contribution in [3.63, 3.8) is 0 Å². The molecule has 132 valence electrons. The Balaban J connectivity index is 1.87. The van der Waals surface area contributed by atoms with E-state index in [1.165, 1.54) is 0 Å². The molecule has 1 heterocycles. The lowest BCUT2D eigenvalue weighted by atomic mass is 10.0. The molecule has 0 aromatic heterocycles. The Hall–Kier alpha value is -1.88. The fourth-order valence-corrected chi connectivity index (χ4v) is 3.27. The van der Waals surface area contributed by atoms with Gasteiger partial charge in [0, 0.05) is 13.1 Å². The highest BCUT2D eigenvalue weighted by Crippen LogP contribution is 2.19. The molecule has 1 saturated heterocycles. The molecule has 0 radical (unpaired) electrons. The number of amides is 2. The van der Waals surface area contributed by atoms with Gasteiger partial charge in [0.25, 0.3) is 0 Å². The Kier molecular flexibility index (Phi) is 6.79. The van der Waals surface area contributed by atoms with Crippen LogP contribution in [-0.2, 0) is 16.0 Å². The summed E-state index contributed by atoms with van der Waals surface area (Å²) in [5.74, 6) is 0.144. The summed E-state index contributed by atoms with van der Waals surface area (Å²) in [7, 11) is 0. The van der Waals surface area contributed by atoms with E-state index < -0.39 is 0 Å². The van der Waals surface area contributed by atoms with Crippen molar-refractivity contribution in [2.24, 2.45) is 5.92 Å². The summed E-state index contributed by atoms with van der Waals surface area (Å²) in [6.07, 6.45) is 2.20. The zero-order valence-corrected chi connectivity index (χ0v) is 14.6. The van der Waals surface area contributed by atoms with Crippen LogP contribution in [-0.4, -0.2) is 47.1 Å². The topological polar surface area (TPSA) is 69.6 Å². The first kappa shape index (κ1) is 18.5. The van der Waals surface area contributed by atoms with Crippen molar-refractivity contribution in [1.82, 2.24) is 10.2 Å². The second-order valence-electron chi connectivity index (χ2n) is 6.84. The van der Waals surface area contributed by atoms with E-state index in [1.807, 2.05) is 37.3 Å². The van der Waals surface area contributed by atoms with E-state index in [4.69, 9.17) is 0 Å². The standard InChI is InChI=1S/C19H28N2O3/c1-14(11-15(2)22)13-20-19(24)17-9-6-10-21(17)18(23)12-16-7-4-3-5-8-16/h3-5,7-8,14-15,17,22H,6,9-13H2,1-2H3,(H,20,24). The number of aliphatic hydroxyl groups is 1. The van der Waals surface area contributed by atoms with Crippen LogP contribution in [0.4, 0.5) is 0 Å². The van der Waals surface area contributed by atoms with Gasteiger partial charge in [-0.3, -0.25) is 9.59 Å². The maximum atomic E-state index is 12.5. The maximum absolute atomic E-state index is 12.5. The van der Waals surface area contributed by atoms with Crippen LogP contribution < -0.4 is 5.32 Å². The second-order valence-corrected chi connectivity index (χ2v) is 6.84. The molecule has 0 bridgehead atoms. The van der Waals surface area contributed by atoms with Crippen molar-refractivity contribution in [1.29, 1.82) is 0 Å². The largest absolute Gasteiger partial charge is 0.393 e. The minimum Gasteiger partial charge on any atom is -0.393 e. The number of hydrogen-bond acceptors (Lipinski definition) is 3. The summed E-state index contributed by atoms with van der Waals surface area (Å²) in [4.78, 5) is 26.7. The zero-order chi connectivity index (χ0) is 17.5. The predicted octanol–water partition coefficient (Wildman–Crippen LogP) is 1.74. The zero-order valence-electron chi connectivity index (χ0n) is 14.6. The van der Waals surface area contributed by atoms with Gasteiger partial charge in [0.2, 0.25) is 11.8 Å². The molecule has 5 nitrogen and oxygen atoms in total. The normalized spacial score (nSPS) is 19.8. The van der Waals surface area contributed by atoms with Crippen LogP contribution in [0, 0.1) is 5.92 Å². The molecule has 2 amide bonds. The fourth-order valence-electron chi connectivity index (χ4n) is 3.27. The number of aliphatic hydroxyl groups excluding tert-OH is 1. The molecular weight excluding hydrogens is 304 g/mol. The Morgan fingerprint density at radius 3 is 2.67 bits per heavy atom. The SMILES string of the molecule is CC(O)CC(C)CNC(=O)C1CCCN1C(=O)Cc1ccccc1. The molecule has 0 saturated carbocycles. The Morgan fingerprint density at radius 1 is 1.29 bits per heavy atom. The van der Waals surface area contributed by atoms with Gasteiger partial charge in [-0.2, -0.15) is 0 Å². The van der Waals surface area contributed by atoms with Crippen LogP contribution in [0.3, 0.4) is 0 Å². The van der Waals surface area contributed by atoms with Crippen LogP contribution >= 0.6 is 0 Å². The molecule has 1 aromatic rings. The fraction of sp³-hybridized carbons (Fsp3) is 0.579. The minimum atomic E-state index is -0.368. The van der Waals surface area contributed by atoms with Crippen LogP contribution in [0.15, 0.2) is 30.3 Å². The number of likely N-dealkylation sites (tertiary alicyclic amines) is 1. The number of benzene rings is 1. The highest BCUT2D eigenvalue weighted by atomic mass is 16.3. The summed E-state index contributed by atoms with van der Waals surface area (Å²) >= 11 is 0. The van der Waals surface area contributed by atoms with E-state index in [0.29, 0.717) is 25.9 Å². The van der Waals surface area contributed by atoms with Crippen molar-refractivity contribution in [3.8, 4) is 0 Å². The number of carbonyl (C=O) groups is 2. The smallest absolute Gasteiger partial charge is 0.242 e. The Morgan fingerprint density at radius 2 is 2.00 bits per heavy atom. The first-order valence-electron chi connectivity index (χ1n) is 8.76. The third kappa shape index (κ3) is 5.34. The second kappa shape index (κ2) is 8.83. The maximum Gasteiger partial charge on any atom is 0.242 e. The average Bonchev–Trinajstić information content (AvgIpc) is 3.02. The van der Waals surface area contributed by atoms with Crippen molar-refractivity contribution in [3.05, 3.63) is 35.9 Å². The number of rotatable bonds is 7. The van der Waals surface area contributed by atoms with Gasteiger partial charge in [-0.1, -0.05) is 37.3 Å². The van der Waals surface area contributed by atoms with E-state index in [-0.39, 0.29) is 29.9 Å². The lowest BCUT2D eigenvalue weighted by Gasteiger charge is -2.25. The van der Waals surface area contributed by atoms with Crippen molar-refractivity contribution < 1.29 is 14.7 Å². The van der Waals surface area contributed by atoms with Gasteiger partial charge in [-0.25, -0.2) is 0 Å². The van der Waals surface area contributed by atoms with Crippen molar-refractivity contribution in [2.45, 2.75) is 51.7 Å². The molecule has 1 aliphatic rings. The number of hydrogen-bond donors (Lipinski definition) is 2. The van der Waals surface area contributed by atoms with E-state index in [2.05, 4.69) is 5.32 Å². The molecule has 2 rings (SSSR count). The van der Waals surface area contributed by atoms with Crippen LogP contribution in [0.1, 0.15) is 38.7 Å². The molecule has 1 fully saturated rings. The molecule has 3 unspecified atom stereocenters. The average molecular weight is 332 g/mol. The number of nitrogens with zero attached hydrogens (tertiary/aromatic N) is 1. The van der Waals surface area contributed by atoms with Gasteiger partial charge in [-0.15, -0.1) is 0 Å². The van der Waals surface area contributed by atoms with E-state index in [9.17, 15) is 14.7 Å². The summed E-state index contributed by atoms with van der Waals surface area (Å²) in [6.45, 7) is 4.92. The Bertz CT molecular complexity index is 545. The first-order valence-corrected chi connectivity index (χ1v) is 8.76. The molecule has 0 spiro atoms. The van der Waals surface area contributed by atoms with Crippen LogP contribution in [0.25, 0.3) is 0 Å². The predicted molar refractivity (Wildman–Crippen MR) is 93.4 cm³/mol. The van der Waals surface area contributed by atoms with Gasteiger partial charge in [0.15, 0.2) is 0 Å². The van der Waals surface area contributed by atoms with Crippen LogP contribution in [0.5, 0.6) is 0 Å². The molecular formula is C19H28N2O3. The van der Waals surface area contributed by atoms with Gasteiger partial charge in [0.1, 0.15) is 6.04 Å². The quantitative estimate of drug-likeness (QED) is 0.799. The highest BCUT2D eigenvalue weighted by molar-refractivity contribution is 5.89. The van der Waals surface area contributed by atoms with Gasteiger partial charge >= 0.3 is 0 Å². The van der Waals surface area contributed by atoms with Crippen molar-refractivity contribution >= 4 is 11.8 Å². The van der Waals surface area contributed by atoms with E-state index in [1.54, 1.807) is 11.8 Å². The minimum absolute atomic E-state index is 0.0101. The molecule has 5 heteroatoms. The Labute approximate surface area is 144 Å². The van der Waals surface area contributed by atoms with E-state index in [0.717, 1.165) is 18.4 Å². The summed E-state index contributed by atoms with van der Waals surface area (Å²) in [5, 5.41) is 12.3. The van der Waals surface area contributed by atoms with Gasteiger partial charge in [-0.05, 0) is 37.7 Å². The summed E-state index contributed by atoms with van der Waals surface area (Å²) < 4.78 is 0. The number of nitrogens with one attached hydrogen (secondary N) is 1. The molecule has 2 N–H and O–H groups in total. The molecule has 1 aliphatic heterocycles. The molecule has 1 aromatic carbocycles. The molecule has 0 aliphatic carbocycles. The number of carbonyl (C=O) groups excluding carboxylic acids is 2. The lowest BCUT2D eigenvalue weighted by molar-refractivity contribution is -0.138. The summed E-state index contributed by atoms with van der Waals surface area (Å²) in [5.41, 5.74) is 0.971. The van der Waals surface area contributed by atoms with Gasteiger partial charge < -0.3 is 15.3 Å². The lowest BCUT2D eigenvalue weighted by Crippen LogP contribution is -2.47. The third-order valence-electron chi connectivity index (χ3n) is 4.44. The third-order valence-corrected chi connectivity index (χ3v) is 4.44.